The zero-order chi connectivity index (χ0) is 15.6. The molecule has 0 atom stereocenters. The second-order valence-electron chi connectivity index (χ2n) is 4.07. The molecule has 0 aliphatic heterocycles. The number of hydrogen-bond donors (Lipinski definition) is 1. The highest BCUT2D eigenvalue weighted by molar-refractivity contribution is 5.90. The highest BCUT2D eigenvalue weighted by Gasteiger charge is 2.19. The van der Waals surface area contributed by atoms with Gasteiger partial charge in [0, 0.05) is 6.07 Å². The first kappa shape index (κ1) is 14.4. The van der Waals surface area contributed by atoms with Gasteiger partial charge in [-0.1, -0.05) is 6.07 Å². The van der Waals surface area contributed by atoms with Crippen molar-refractivity contribution in [3.63, 3.8) is 0 Å². The number of nitrogens with zero attached hydrogens (tertiary/aromatic N) is 2. The molecule has 1 aromatic heterocycles. The summed E-state index contributed by atoms with van der Waals surface area (Å²) in [6.45, 7) is 1.46. The van der Waals surface area contributed by atoms with Crippen LogP contribution in [0.4, 0.5) is 10.1 Å². The average molecular weight is 292 g/mol. The van der Waals surface area contributed by atoms with Crippen LogP contribution >= 0.6 is 0 Å². The van der Waals surface area contributed by atoms with Gasteiger partial charge in [0.15, 0.2) is 0 Å². The summed E-state index contributed by atoms with van der Waals surface area (Å²) in [5.74, 6) is -2.51. The Labute approximate surface area is 117 Å². The van der Waals surface area contributed by atoms with Gasteiger partial charge in [0.2, 0.25) is 5.88 Å². The molecule has 0 saturated carbocycles. The molecule has 0 amide bonds. The Balaban J connectivity index is 2.46. The fourth-order valence-corrected chi connectivity index (χ4v) is 1.68. The molecule has 108 valence electrons. The number of halogens is 1. The minimum atomic E-state index is -1.42. The van der Waals surface area contributed by atoms with Crippen molar-refractivity contribution in [2.45, 2.75) is 6.92 Å². The van der Waals surface area contributed by atoms with Crippen LogP contribution in [0.3, 0.4) is 0 Å². The summed E-state index contributed by atoms with van der Waals surface area (Å²) in [5.41, 5.74) is -0.433. The molecule has 0 unspecified atom stereocenters. The first-order valence-corrected chi connectivity index (χ1v) is 5.71. The lowest BCUT2D eigenvalue weighted by molar-refractivity contribution is -0.385. The maximum absolute atomic E-state index is 13.0. The van der Waals surface area contributed by atoms with Gasteiger partial charge in [-0.3, -0.25) is 10.1 Å². The fourth-order valence-electron chi connectivity index (χ4n) is 1.68. The first-order chi connectivity index (χ1) is 9.90. The minimum Gasteiger partial charge on any atom is -0.477 e. The summed E-state index contributed by atoms with van der Waals surface area (Å²) < 4.78 is 18.3. The van der Waals surface area contributed by atoms with Crippen LogP contribution in [0.25, 0.3) is 0 Å². The minimum absolute atomic E-state index is 0.0748. The number of hydrogen-bond acceptors (Lipinski definition) is 5. The Hall–Kier alpha value is -3.03. The van der Waals surface area contributed by atoms with Crippen molar-refractivity contribution < 1.29 is 24.0 Å². The molecule has 0 bridgehead atoms. The van der Waals surface area contributed by atoms with Gasteiger partial charge in [-0.25, -0.2) is 14.2 Å². The summed E-state index contributed by atoms with van der Waals surface area (Å²) in [6.07, 6.45) is 0.800. The van der Waals surface area contributed by atoms with Crippen LogP contribution in [0.1, 0.15) is 15.9 Å². The lowest BCUT2D eigenvalue weighted by Gasteiger charge is -2.09. The molecule has 7 nitrogen and oxygen atoms in total. The number of nitro benzene ring substituents is 1. The average Bonchev–Trinajstić information content (AvgIpc) is 2.42. The first-order valence-electron chi connectivity index (χ1n) is 5.71. The lowest BCUT2D eigenvalue weighted by Crippen LogP contribution is -2.04. The fraction of sp³-hybridized carbons (Fsp3) is 0.0769. The smallest absolute Gasteiger partial charge is 0.341 e. The van der Waals surface area contributed by atoms with Gasteiger partial charge in [-0.05, 0) is 19.1 Å². The number of carbonyl (C=O) groups is 1. The molecule has 0 aliphatic rings. The van der Waals surface area contributed by atoms with Crippen LogP contribution in [0.15, 0.2) is 30.5 Å². The monoisotopic (exact) mass is 292 g/mol. The second kappa shape index (κ2) is 5.53. The molecule has 0 radical (unpaired) electrons. The molecule has 1 heterocycles. The summed E-state index contributed by atoms with van der Waals surface area (Å²) in [7, 11) is 0. The summed E-state index contributed by atoms with van der Waals surface area (Å²) >= 11 is 0. The molecule has 2 aromatic rings. The van der Waals surface area contributed by atoms with Crippen LogP contribution in [0.2, 0.25) is 0 Å². The maximum Gasteiger partial charge on any atom is 0.341 e. The third kappa shape index (κ3) is 2.94. The number of nitro groups is 1. The van der Waals surface area contributed by atoms with Crippen molar-refractivity contribution in [2.75, 3.05) is 0 Å². The van der Waals surface area contributed by atoms with Crippen LogP contribution < -0.4 is 4.74 Å². The molecule has 2 rings (SSSR count). The quantitative estimate of drug-likeness (QED) is 0.686. The normalized spacial score (nSPS) is 10.2. The van der Waals surface area contributed by atoms with Gasteiger partial charge >= 0.3 is 5.97 Å². The van der Waals surface area contributed by atoms with Gasteiger partial charge in [-0.15, -0.1) is 0 Å². The topological polar surface area (TPSA) is 103 Å². The van der Waals surface area contributed by atoms with E-state index in [9.17, 15) is 19.3 Å². The Morgan fingerprint density at radius 2 is 2.19 bits per heavy atom. The van der Waals surface area contributed by atoms with E-state index >= 15 is 0 Å². The van der Waals surface area contributed by atoms with E-state index in [-0.39, 0.29) is 22.9 Å². The molecule has 0 saturated heterocycles. The van der Waals surface area contributed by atoms with Crippen molar-refractivity contribution in [1.29, 1.82) is 0 Å². The molecule has 0 fully saturated rings. The van der Waals surface area contributed by atoms with Crippen molar-refractivity contribution in [3.05, 3.63) is 57.5 Å². The summed E-state index contributed by atoms with van der Waals surface area (Å²) in [6, 6.07) is 4.87. The van der Waals surface area contributed by atoms with Gasteiger partial charge < -0.3 is 9.84 Å². The Kier molecular flexibility index (Phi) is 3.79. The molecule has 1 aromatic carbocycles. The number of rotatable bonds is 4. The van der Waals surface area contributed by atoms with E-state index in [1.807, 2.05) is 0 Å². The summed E-state index contributed by atoms with van der Waals surface area (Å²) in [5, 5.41) is 19.8. The number of carboxylic acid groups (broad SMARTS) is 1. The van der Waals surface area contributed by atoms with Crippen LogP contribution in [-0.4, -0.2) is 21.0 Å². The Bertz CT molecular complexity index is 732. The number of carboxylic acids is 1. The van der Waals surface area contributed by atoms with Crippen molar-refractivity contribution in [2.24, 2.45) is 0 Å². The largest absolute Gasteiger partial charge is 0.477 e. The van der Waals surface area contributed by atoms with E-state index in [4.69, 9.17) is 9.84 Å². The predicted octanol–water partition coefficient (Wildman–Crippen LogP) is 2.93. The van der Waals surface area contributed by atoms with Gasteiger partial charge in [0.05, 0.1) is 16.7 Å². The SMILES string of the molecule is Cc1c(Oc2ncc(F)cc2C(=O)O)cccc1[N+](=O)[O-]. The third-order valence-electron chi connectivity index (χ3n) is 2.71. The van der Waals surface area contributed by atoms with E-state index in [0.717, 1.165) is 12.3 Å². The maximum atomic E-state index is 13.0. The number of ether oxygens (including phenoxy) is 1. The van der Waals surface area contributed by atoms with E-state index in [0.29, 0.717) is 0 Å². The van der Waals surface area contributed by atoms with Gasteiger partial charge in [0.1, 0.15) is 17.1 Å². The number of benzene rings is 1. The zero-order valence-electron chi connectivity index (χ0n) is 10.7. The number of pyridine rings is 1. The van der Waals surface area contributed by atoms with Crippen LogP contribution in [0, 0.1) is 22.9 Å². The van der Waals surface area contributed by atoms with Crippen LogP contribution in [-0.2, 0) is 0 Å². The van der Waals surface area contributed by atoms with E-state index in [2.05, 4.69) is 4.98 Å². The van der Waals surface area contributed by atoms with Crippen molar-refractivity contribution >= 4 is 11.7 Å². The molecule has 8 heteroatoms. The van der Waals surface area contributed by atoms with Gasteiger partial charge in [-0.2, -0.15) is 0 Å². The number of aromatic nitrogens is 1. The highest BCUT2D eigenvalue weighted by Crippen LogP contribution is 2.31. The molecular weight excluding hydrogens is 283 g/mol. The van der Waals surface area contributed by atoms with Gasteiger partial charge in [0.25, 0.3) is 5.69 Å². The van der Waals surface area contributed by atoms with Crippen LogP contribution in [0.5, 0.6) is 11.6 Å². The molecular formula is C13H9FN2O5. The van der Waals surface area contributed by atoms with Crippen molar-refractivity contribution in [1.82, 2.24) is 4.98 Å². The number of aromatic carboxylic acids is 1. The molecule has 0 spiro atoms. The zero-order valence-corrected chi connectivity index (χ0v) is 10.7. The van der Waals surface area contributed by atoms with E-state index < -0.39 is 22.3 Å². The molecule has 0 aliphatic carbocycles. The Morgan fingerprint density at radius 3 is 2.81 bits per heavy atom. The lowest BCUT2D eigenvalue weighted by atomic mass is 10.2. The van der Waals surface area contributed by atoms with E-state index in [1.165, 1.54) is 25.1 Å². The molecule has 21 heavy (non-hydrogen) atoms. The second-order valence-corrected chi connectivity index (χ2v) is 4.07. The Morgan fingerprint density at radius 1 is 1.48 bits per heavy atom. The van der Waals surface area contributed by atoms with E-state index in [1.54, 1.807) is 0 Å². The summed E-state index contributed by atoms with van der Waals surface area (Å²) in [4.78, 5) is 24.8. The third-order valence-corrected chi connectivity index (χ3v) is 2.71. The predicted molar refractivity (Wildman–Crippen MR) is 69.1 cm³/mol. The van der Waals surface area contributed by atoms with Crippen molar-refractivity contribution in [3.8, 4) is 11.6 Å². The molecule has 1 N–H and O–H groups in total. The standard InChI is InChI=1S/C13H9FN2O5/c1-7-10(16(19)20)3-2-4-11(7)21-12-9(13(17)18)5-8(14)6-15-12/h2-6H,1H3,(H,17,18). The highest BCUT2D eigenvalue weighted by atomic mass is 19.1.